The lowest BCUT2D eigenvalue weighted by Crippen LogP contribution is -2.19. The van der Waals surface area contributed by atoms with Gasteiger partial charge >= 0.3 is 0 Å². The number of ether oxygens (including phenoxy) is 1. The zero-order chi connectivity index (χ0) is 16.5. The van der Waals surface area contributed by atoms with E-state index in [1.807, 2.05) is 35.3 Å². The van der Waals surface area contributed by atoms with Crippen LogP contribution in [0.25, 0.3) is 22.0 Å². The van der Waals surface area contributed by atoms with Gasteiger partial charge in [-0.15, -0.1) is 0 Å². The van der Waals surface area contributed by atoms with Crippen LogP contribution in [0, 0.1) is 0 Å². The van der Waals surface area contributed by atoms with E-state index in [9.17, 15) is 10.2 Å². The van der Waals surface area contributed by atoms with Gasteiger partial charge in [0.15, 0.2) is 6.29 Å². The van der Waals surface area contributed by atoms with Gasteiger partial charge in [-0.2, -0.15) is 5.10 Å². The Labute approximate surface area is 139 Å². The highest BCUT2D eigenvalue weighted by molar-refractivity contribution is 5.87. The third kappa shape index (κ3) is 2.80. The molecule has 6 nitrogen and oxygen atoms in total. The molecule has 24 heavy (non-hydrogen) atoms. The summed E-state index contributed by atoms with van der Waals surface area (Å²) < 4.78 is 7.41. The summed E-state index contributed by atoms with van der Waals surface area (Å²) in [5.74, 6) is 0. The first kappa shape index (κ1) is 15.3. The van der Waals surface area contributed by atoms with Gasteiger partial charge in [0.25, 0.3) is 0 Å². The third-order valence-corrected chi connectivity index (χ3v) is 4.55. The monoisotopic (exact) mass is 325 g/mol. The Bertz CT molecular complexity index is 854. The molecule has 3 aromatic rings. The number of aliphatic hydroxyl groups is 2. The molecule has 1 fully saturated rings. The van der Waals surface area contributed by atoms with Crippen molar-refractivity contribution in [2.45, 2.75) is 25.2 Å². The fourth-order valence-electron chi connectivity index (χ4n) is 3.21. The number of fused-ring (bicyclic) bond motifs is 1. The van der Waals surface area contributed by atoms with E-state index in [-0.39, 0.29) is 0 Å². The van der Waals surface area contributed by atoms with E-state index in [1.165, 1.54) is 0 Å². The van der Waals surface area contributed by atoms with Crippen molar-refractivity contribution in [2.75, 3.05) is 13.2 Å². The van der Waals surface area contributed by atoms with Crippen LogP contribution in [0.15, 0.2) is 42.9 Å². The number of nitrogens with zero attached hydrogens (tertiary/aromatic N) is 3. The van der Waals surface area contributed by atoms with E-state index in [1.54, 1.807) is 12.3 Å². The molecule has 124 valence electrons. The lowest BCUT2D eigenvalue weighted by molar-refractivity contribution is -0.0413. The van der Waals surface area contributed by atoms with Crippen molar-refractivity contribution in [1.29, 1.82) is 0 Å². The molecule has 1 aliphatic heterocycles. The van der Waals surface area contributed by atoms with Crippen LogP contribution in [-0.2, 0) is 4.74 Å². The van der Waals surface area contributed by atoms with Crippen LogP contribution in [0.4, 0.5) is 0 Å². The Morgan fingerprint density at radius 3 is 2.75 bits per heavy atom. The van der Waals surface area contributed by atoms with Crippen LogP contribution in [0.1, 0.15) is 30.7 Å². The molecule has 4 rings (SSSR count). The molecule has 0 spiro atoms. The second-order valence-electron chi connectivity index (χ2n) is 6.06. The number of aromatic nitrogens is 3. The molecule has 1 aliphatic rings. The maximum atomic E-state index is 9.56. The first-order valence-electron chi connectivity index (χ1n) is 8.09. The summed E-state index contributed by atoms with van der Waals surface area (Å²) in [6.45, 7) is 1.55. The Hall–Kier alpha value is -2.28. The summed E-state index contributed by atoms with van der Waals surface area (Å²) in [5, 5.41) is 24.4. The quantitative estimate of drug-likeness (QED) is 0.723. The van der Waals surface area contributed by atoms with Crippen molar-refractivity contribution in [3.8, 4) is 11.1 Å². The third-order valence-electron chi connectivity index (χ3n) is 4.55. The summed E-state index contributed by atoms with van der Waals surface area (Å²) in [6, 6.07) is 7.81. The summed E-state index contributed by atoms with van der Waals surface area (Å²) in [7, 11) is 0. The molecule has 6 heteroatoms. The molecule has 2 aromatic heterocycles. The minimum atomic E-state index is -1.52. The van der Waals surface area contributed by atoms with Gasteiger partial charge in [-0.3, -0.25) is 9.67 Å². The van der Waals surface area contributed by atoms with Gasteiger partial charge in [-0.1, -0.05) is 6.07 Å². The SMILES string of the molecule is OC(O)c1ccnc2ccc(-c3cnn(C4CCOCC4)c3)cc12. The van der Waals surface area contributed by atoms with Crippen LogP contribution >= 0.6 is 0 Å². The normalized spacial score (nSPS) is 16.1. The Morgan fingerprint density at radius 1 is 1.12 bits per heavy atom. The number of hydrogen-bond acceptors (Lipinski definition) is 5. The predicted molar refractivity (Wildman–Crippen MR) is 89.2 cm³/mol. The second kappa shape index (κ2) is 6.32. The molecule has 1 aromatic carbocycles. The van der Waals surface area contributed by atoms with Crippen LogP contribution in [0.2, 0.25) is 0 Å². The first-order valence-corrected chi connectivity index (χ1v) is 8.09. The second-order valence-corrected chi connectivity index (χ2v) is 6.06. The van der Waals surface area contributed by atoms with Crippen LogP contribution < -0.4 is 0 Å². The molecule has 0 aliphatic carbocycles. The standard InChI is InChI=1S/C18H19N3O3/c22-18(23)15-3-6-19-17-2-1-12(9-16(15)17)13-10-20-21(11-13)14-4-7-24-8-5-14/h1-3,6,9-11,14,18,22-23H,4-5,7-8H2. The van der Waals surface area contributed by atoms with Crippen molar-refractivity contribution >= 4 is 10.9 Å². The average Bonchev–Trinajstić information content (AvgIpc) is 3.11. The van der Waals surface area contributed by atoms with E-state index in [0.717, 1.165) is 48.1 Å². The largest absolute Gasteiger partial charge is 0.381 e. The zero-order valence-corrected chi connectivity index (χ0v) is 13.2. The van der Waals surface area contributed by atoms with Gasteiger partial charge in [0.1, 0.15) is 0 Å². The molecule has 2 N–H and O–H groups in total. The van der Waals surface area contributed by atoms with E-state index < -0.39 is 6.29 Å². The number of benzene rings is 1. The molecular formula is C18H19N3O3. The molecule has 0 radical (unpaired) electrons. The Kier molecular flexibility index (Phi) is 4.02. The topological polar surface area (TPSA) is 80.4 Å². The molecule has 0 bridgehead atoms. The smallest absolute Gasteiger partial charge is 0.179 e. The highest BCUT2D eigenvalue weighted by Crippen LogP contribution is 2.29. The van der Waals surface area contributed by atoms with Gasteiger partial charge in [-0.05, 0) is 36.6 Å². The van der Waals surface area contributed by atoms with Gasteiger partial charge in [0, 0.05) is 42.1 Å². The molecule has 0 saturated carbocycles. The van der Waals surface area contributed by atoms with Crippen molar-refractivity contribution in [3.63, 3.8) is 0 Å². The van der Waals surface area contributed by atoms with E-state index >= 15 is 0 Å². The summed E-state index contributed by atoms with van der Waals surface area (Å²) >= 11 is 0. The van der Waals surface area contributed by atoms with Gasteiger partial charge in [-0.25, -0.2) is 0 Å². The molecule has 0 atom stereocenters. The first-order chi connectivity index (χ1) is 11.7. The number of pyridine rings is 1. The number of hydrogen-bond donors (Lipinski definition) is 2. The van der Waals surface area contributed by atoms with Crippen molar-refractivity contribution in [2.24, 2.45) is 0 Å². The van der Waals surface area contributed by atoms with Crippen LogP contribution in [0.3, 0.4) is 0 Å². The lowest BCUT2D eigenvalue weighted by Gasteiger charge is -2.22. The Balaban J connectivity index is 1.71. The summed E-state index contributed by atoms with van der Waals surface area (Å²) in [5.41, 5.74) is 3.18. The molecule has 1 saturated heterocycles. The van der Waals surface area contributed by atoms with Gasteiger partial charge in [0.05, 0.1) is 17.8 Å². The fraction of sp³-hybridized carbons (Fsp3) is 0.333. The van der Waals surface area contributed by atoms with Gasteiger partial charge < -0.3 is 14.9 Å². The highest BCUT2D eigenvalue weighted by atomic mass is 16.5. The average molecular weight is 325 g/mol. The number of rotatable bonds is 3. The van der Waals surface area contributed by atoms with Gasteiger partial charge in [0.2, 0.25) is 0 Å². The van der Waals surface area contributed by atoms with Crippen LogP contribution in [0.5, 0.6) is 0 Å². The minimum Gasteiger partial charge on any atom is -0.381 e. The predicted octanol–water partition coefficient (Wildman–Crippen LogP) is 2.43. The summed E-state index contributed by atoms with van der Waals surface area (Å²) in [4.78, 5) is 4.28. The molecular weight excluding hydrogens is 306 g/mol. The summed E-state index contributed by atoms with van der Waals surface area (Å²) in [6.07, 6.45) is 5.91. The fourth-order valence-corrected chi connectivity index (χ4v) is 3.21. The zero-order valence-electron chi connectivity index (χ0n) is 13.2. The van der Waals surface area contributed by atoms with Crippen molar-refractivity contribution in [3.05, 3.63) is 48.4 Å². The van der Waals surface area contributed by atoms with E-state index in [4.69, 9.17) is 4.74 Å². The number of aliphatic hydroxyl groups excluding tert-OH is 1. The minimum absolute atomic E-state index is 0.379. The molecule has 0 amide bonds. The molecule has 0 unspecified atom stereocenters. The van der Waals surface area contributed by atoms with Crippen molar-refractivity contribution < 1.29 is 14.9 Å². The molecule has 3 heterocycles. The van der Waals surface area contributed by atoms with Crippen molar-refractivity contribution in [1.82, 2.24) is 14.8 Å². The lowest BCUT2D eigenvalue weighted by atomic mass is 10.0. The van der Waals surface area contributed by atoms with E-state index in [0.29, 0.717) is 11.6 Å². The maximum absolute atomic E-state index is 9.56. The highest BCUT2D eigenvalue weighted by Gasteiger charge is 2.17. The maximum Gasteiger partial charge on any atom is 0.179 e. The Morgan fingerprint density at radius 2 is 1.96 bits per heavy atom. The van der Waals surface area contributed by atoms with Crippen LogP contribution in [-0.4, -0.2) is 38.2 Å². The van der Waals surface area contributed by atoms with E-state index in [2.05, 4.69) is 10.1 Å².